The van der Waals surface area contributed by atoms with Crippen LogP contribution in [0.25, 0.3) is 10.9 Å². The normalized spacial score (nSPS) is 12.5. The zero-order valence-electron chi connectivity index (χ0n) is 11.5. The van der Waals surface area contributed by atoms with E-state index in [2.05, 4.69) is 38.4 Å². The first-order chi connectivity index (χ1) is 10.2. The predicted molar refractivity (Wildman–Crippen MR) is 91.8 cm³/mol. The molecule has 1 aromatic heterocycles. The van der Waals surface area contributed by atoms with Crippen LogP contribution in [0, 0.1) is 0 Å². The van der Waals surface area contributed by atoms with Crippen LogP contribution in [0.15, 0.2) is 59.2 Å². The molecule has 3 aromatic rings. The van der Waals surface area contributed by atoms with Crippen LogP contribution in [-0.4, -0.2) is 12.0 Å². The number of hydrogen-bond acceptors (Lipinski definition) is 2. The minimum Gasteiger partial charge on any atom is -0.309 e. The number of hydrogen-bond donors (Lipinski definition) is 1. The SMILES string of the molecule is CNC(c1cnc2ccccc2c1)c1ccc(Cl)cc1Br. The highest BCUT2D eigenvalue weighted by atomic mass is 79.9. The lowest BCUT2D eigenvalue weighted by Crippen LogP contribution is -2.18. The molecule has 3 rings (SSSR count). The van der Waals surface area contributed by atoms with Crippen LogP contribution in [-0.2, 0) is 0 Å². The van der Waals surface area contributed by atoms with Crippen molar-refractivity contribution in [3.05, 3.63) is 75.4 Å². The van der Waals surface area contributed by atoms with Gasteiger partial charge >= 0.3 is 0 Å². The van der Waals surface area contributed by atoms with Gasteiger partial charge in [0.05, 0.1) is 11.6 Å². The van der Waals surface area contributed by atoms with Crippen molar-refractivity contribution in [2.75, 3.05) is 7.05 Å². The van der Waals surface area contributed by atoms with E-state index in [1.54, 1.807) is 0 Å². The molecule has 106 valence electrons. The fourth-order valence-electron chi connectivity index (χ4n) is 2.48. The molecule has 0 aliphatic carbocycles. The first kappa shape index (κ1) is 14.5. The smallest absolute Gasteiger partial charge is 0.0702 e. The molecule has 0 fully saturated rings. The molecule has 4 heteroatoms. The highest BCUT2D eigenvalue weighted by molar-refractivity contribution is 9.10. The summed E-state index contributed by atoms with van der Waals surface area (Å²) in [6, 6.07) is 16.2. The third-order valence-corrected chi connectivity index (χ3v) is 4.43. The molecule has 0 saturated heterocycles. The van der Waals surface area contributed by atoms with Crippen LogP contribution in [0.4, 0.5) is 0 Å². The van der Waals surface area contributed by atoms with Gasteiger partial charge in [0.2, 0.25) is 0 Å². The van der Waals surface area contributed by atoms with Crippen LogP contribution >= 0.6 is 27.5 Å². The van der Waals surface area contributed by atoms with Crippen LogP contribution in [0.3, 0.4) is 0 Å². The van der Waals surface area contributed by atoms with Crippen molar-refractivity contribution in [3.8, 4) is 0 Å². The highest BCUT2D eigenvalue weighted by Gasteiger charge is 2.16. The average molecular weight is 362 g/mol. The number of aromatic nitrogens is 1. The van der Waals surface area contributed by atoms with Crippen LogP contribution in [0.1, 0.15) is 17.2 Å². The Bertz CT molecular complexity index is 789. The number of pyridine rings is 1. The van der Waals surface area contributed by atoms with Crippen molar-refractivity contribution in [1.82, 2.24) is 10.3 Å². The van der Waals surface area contributed by atoms with E-state index in [-0.39, 0.29) is 6.04 Å². The van der Waals surface area contributed by atoms with Crippen molar-refractivity contribution >= 4 is 38.4 Å². The molecule has 0 aliphatic rings. The van der Waals surface area contributed by atoms with Gasteiger partial charge in [-0.3, -0.25) is 4.98 Å². The Morgan fingerprint density at radius 1 is 1.14 bits per heavy atom. The van der Waals surface area contributed by atoms with E-state index >= 15 is 0 Å². The highest BCUT2D eigenvalue weighted by Crippen LogP contribution is 2.31. The first-order valence-corrected chi connectivity index (χ1v) is 7.83. The van der Waals surface area contributed by atoms with E-state index in [4.69, 9.17) is 11.6 Å². The quantitative estimate of drug-likeness (QED) is 0.713. The molecule has 0 radical (unpaired) electrons. The van der Waals surface area contributed by atoms with Gasteiger partial charge in [0.1, 0.15) is 0 Å². The molecular formula is C17H14BrClN2. The maximum absolute atomic E-state index is 6.03. The molecule has 21 heavy (non-hydrogen) atoms. The lowest BCUT2D eigenvalue weighted by molar-refractivity contribution is 0.687. The minimum absolute atomic E-state index is 0.0637. The second-order valence-corrected chi connectivity index (χ2v) is 6.14. The summed E-state index contributed by atoms with van der Waals surface area (Å²) in [5.41, 5.74) is 3.27. The summed E-state index contributed by atoms with van der Waals surface area (Å²) >= 11 is 9.62. The zero-order valence-corrected chi connectivity index (χ0v) is 13.8. The molecule has 0 bridgehead atoms. The molecule has 2 nitrogen and oxygen atoms in total. The summed E-state index contributed by atoms with van der Waals surface area (Å²) in [5.74, 6) is 0. The van der Waals surface area contributed by atoms with E-state index in [9.17, 15) is 0 Å². The van der Waals surface area contributed by atoms with Crippen LogP contribution < -0.4 is 5.32 Å². The number of halogens is 2. The molecule has 0 amide bonds. The summed E-state index contributed by atoms with van der Waals surface area (Å²) in [4.78, 5) is 4.54. The Morgan fingerprint density at radius 3 is 2.71 bits per heavy atom. The van der Waals surface area contributed by atoms with Gasteiger partial charge < -0.3 is 5.32 Å². The molecule has 0 spiro atoms. The van der Waals surface area contributed by atoms with E-state index < -0.39 is 0 Å². The zero-order chi connectivity index (χ0) is 14.8. The van der Waals surface area contributed by atoms with Gasteiger partial charge in [0.25, 0.3) is 0 Å². The van der Waals surface area contributed by atoms with Gasteiger partial charge in [0.15, 0.2) is 0 Å². The van der Waals surface area contributed by atoms with Crippen molar-refractivity contribution in [3.63, 3.8) is 0 Å². The molecule has 2 aromatic carbocycles. The lowest BCUT2D eigenvalue weighted by Gasteiger charge is -2.19. The number of rotatable bonds is 3. The van der Waals surface area contributed by atoms with Gasteiger partial charge in [0, 0.05) is 21.1 Å². The first-order valence-electron chi connectivity index (χ1n) is 6.66. The van der Waals surface area contributed by atoms with Crippen molar-refractivity contribution in [1.29, 1.82) is 0 Å². The molecular weight excluding hydrogens is 348 g/mol. The molecule has 1 N–H and O–H groups in total. The molecule has 1 heterocycles. The summed E-state index contributed by atoms with van der Waals surface area (Å²) in [5, 5.41) is 5.21. The van der Waals surface area contributed by atoms with Gasteiger partial charge in [-0.15, -0.1) is 0 Å². The van der Waals surface area contributed by atoms with Crippen molar-refractivity contribution in [2.45, 2.75) is 6.04 Å². The molecule has 0 saturated carbocycles. The number of para-hydroxylation sites is 1. The van der Waals surface area contributed by atoms with E-state index in [1.165, 1.54) is 0 Å². The van der Waals surface area contributed by atoms with Crippen LogP contribution in [0.2, 0.25) is 5.02 Å². The van der Waals surface area contributed by atoms with E-state index in [0.717, 1.165) is 31.5 Å². The van der Waals surface area contributed by atoms with Gasteiger partial charge in [-0.25, -0.2) is 0 Å². The average Bonchev–Trinajstić information content (AvgIpc) is 2.50. The maximum atomic E-state index is 6.03. The van der Waals surface area contributed by atoms with E-state index in [1.807, 2.05) is 49.6 Å². The van der Waals surface area contributed by atoms with Gasteiger partial charge in [-0.2, -0.15) is 0 Å². The third-order valence-electron chi connectivity index (χ3n) is 3.51. The van der Waals surface area contributed by atoms with Crippen LogP contribution in [0.5, 0.6) is 0 Å². The minimum atomic E-state index is 0.0637. The summed E-state index contributed by atoms with van der Waals surface area (Å²) in [7, 11) is 1.95. The van der Waals surface area contributed by atoms with E-state index in [0.29, 0.717) is 0 Å². The number of nitrogens with one attached hydrogen (secondary N) is 1. The topological polar surface area (TPSA) is 24.9 Å². The van der Waals surface area contributed by atoms with Gasteiger partial charge in [-0.05, 0) is 42.4 Å². The Labute approximate surface area is 137 Å². The fourth-order valence-corrected chi connectivity index (χ4v) is 3.39. The molecule has 0 aliphatic heterocycles. The standard InChI is InChI=1S/C17H14BrClN2/c1-20-17(14-7-6-13(19)9-15(14)18)12-8-11-4-2-3-5-16(11)21-10-12/h2-10,17,20H,1H3. The molecule has 1 atom stereocenters. The molecule has 1 unspecified atom stereocenters. The summed E-state index contributed by atoms with van der Waals surface area (Å²) in [6.07, 6.45) is 1.92. The van der Waals surface area contributed by atoms with Gasteiger partial charge in [-0.1, -0.05) is 51.8 Å². The Kier molecular flexibility index (Phi) is 4.24. The Balaban J connectivity index is 2.09. The number of benzene rings is 2. The fraction of sp³-hybridized carbons (Fsp3) is 0.118. The summed E-state index contributed by atoms with van der Waals surface area (Å²) < 4.78 is 0.988. The Morgan fingerprint density at radius 2 is 1.95 bits per heavy atom. The maximum Gasteiger partial charge on any atom is 0.0702 e. The summed E-state index contributed by atoms with van der Waals surface area (Å²) in [6.45, 7) is 0. The largest absolute Gasteiger partial charge is 0.309 e. The second-order valence-electron chi connectivity index (χ2n) is 4.85. The number of nitrogens with zero attached hydrogens (tertiary/aromatic N) is 1. The second kappa shape index (κ2) is 6.14. The van der Waals surface area contributed by atoms with Crippen molar-refractivity contribution in [2.24, 2.45) is 0 Å². The predicted octanol–water partition coefficient (Wildman–Crippen LogP) is 4.96. The monoisotopic (exact) mass is 360 g/mol. The lowest BCUT2D eigenvalue weighted by atomic mass is 9.99. The Hall–Kier alpha value is -1.42. The van der Waals surface area contributed by atoms with Crippen molar-refractivity contribution < 1.29 is 0 Å². The third kappa shape index (κ3) is 2.95. The number of fused-ring (bicyclic) bond motifs is 1.